The van der Waals surface area contributed by atoms with E-state index in [0.29, 0.717) is 17.7 Å². The average molecular weight is 402 g/mol. The first kappa shape index (κ1) is 21.7. The highest BCUT2D eigenvalue weighted by atomic mass is 16.5. The van der Waals surface area contributed by atoms with Gasteiger partial charge in [-0.05, 0) is 54.5 Å². The topological polar surface area (TPSA) is 110 Å². The number of aryl methyl sites for hydroxylation is 1. The normalized spacial score (nSPS) is 28.2. The number of hydrogen-bond donors (Lipinski definition) is 5. The van der Waals surface area contributed by atoms with Crippen LogP contribution >= 0.6 is 0 Å². The zero-order valence-electron chi connectivity index (χ0n) is 16.8. The molecule has 1 aliphatic carbocycles. The lowest BCUT2D eigenvalue weighted by atomic mass is 9.73. The van der Waals surface area contributed by atoms with Crippen molar-refractivity contribution in [1.82, 2.24) is 0 Å². The molecule has 0 spiro atoms. The van der Waals surface area contributed by atoms with Crippen LogP contribution in [0.25, 0.3) is 0 Å². The Hall–Kier alpha value is -1.96. The van der Waals surface area contributed by atoms with Crippen molar-refractivity contribution in [2.45, 2.75) is 62.6 Å². The van der Waals surface area contributed by atoms with Crippen molar-refractivity contribution >= 4 is 0 Å². The number of aliphatic hydroxyl groups excluding tert-OH is 4. The first-order chi connectivity index (χ1) is 13.8. The van der Waals surface area contributed by atoms with E-state index >= 15 is 0 Å². The second-order valence-electron chi connectivity index (χ2n) is 7.86. The van der Waals surface area contributed by atoms with Crippen molar-refractivity contribution in [1.29, 1.82) is 0 Å². The lowest BCUT2D eigenvalue weighted by molar-refractivity contribution is -0.222. The van der Waals surface area contributed by atoms with E-state index < -0.39 is 30.0 Å². The van der Waals surface area contributed by atoms with E-state index in [0.717, 1.165) is 17.5 Å². The molecule has 0 amide bonds. The van der Waals surface area contributed by atoms with E-state index in [2.05, 4.69) is 31.2 Å². The van der Waals surface area contributed by atoms with Crippen molar-refractivity contribution in [2.75, 3.05) is 7.11 Å². The predicted molar refractivity (Wildman–Crippen MR) is 109 cm³/mol. The van der Waals surface area contributed by atoms with Gasteiger partial charge in [0.25, 0.3) is 0 Å². The molecule has 1 saturated carbocycles. The minimum absolute atomic E-state index is 0.0561. The molecule has 0 aromatic heterocycles. The van der Waals surface area contributed by atoms with Gasteiger partial charge in [0.1, 0.15) is 29.7 Å². The zero-order chi connectivity index (χ0) is 21.2. The van der Waals surface area contributed by atoms with Crippen LogP contribution in [-0.4, -0.2) is 56.6 Å². The second-order valence-corrected chi connectivity index (χ2v) is 7.86. The summed E-state index contributed by atoms with van der Waals surface area (Å²) < 4.78 is 5.36. The summed E-state index contributed by atoms with van der Waals surface area (Å²) in [5.41, 5.74) is 1.63. The van der Waals surface area contributed by atoms with E-state index in [1.807, 2.05) is 6.07 Å². The summed E-state index contributed by atoms with van der Waals surface area (Å²) in [6.07, 6.45) is -4.23. The first-order valence-electron chi connectivity index (χ1n) is 9.99. The molecule has 2 aromatic carbocycles. The quantitative estimate of drug-likeness (QED) is 0.501. The fourth-order valence-electron chi connectivity index (χ4n) is 4.01. The maximum Gasteiger partial charge on any atom is 0.124 e. The van der Waals surface area contributed by atoms with Gasteiger partial charge in [0.2, 0.25) is 0 Å². The largest absolute Gasteiger partial charge is 0.496 e. The molecule has 158 valence electrons. The summed E-state index contributed by atoms with van der Waals surface area (Å²) in [6, 6.07) is 13.7. The maximum absolute atomic E-state index is 11.0. The van der Waals surface area contributed by atoms with Crippen molar-refractivity contribution in [3.05, 3.63) is 64.7 Å². The standard InChI is InChI=1S/C23H30O6/c1-3-14-4-6-15(7-5-14)12-16-8-9-19(29-2)17(13-16)21(26)23(28)11-10-18(24)20(25)22(23)27/h4-9,13,18,20-22,24-28H,3,10-12H2,1-2H3. The fourth-order valence-corrected chi connectivity index (χ4v) is 4.01. The molecule has 3 rings (SSSR count). The van der Waals surface area contributed by atoms with Crippen LogP contribution in [0.1, 0.15) is 48.1 Å². The van der Waals surface area contributed by atoms with Gasteiger partial charge in [-0.1, -0.05) is 37.3 Å². The van der Waals surface area contributed by atoms with Gasteiger partial charge in [0, 0.05) is 5.56 Å². The van der Waals surface area contributed by atoms with Crippen molar-refractivity contribution in [3.8, 4) is 5.75 Å². The Bertz CT molecular complexity index is 821. The Morgan fingerprint density at radius 3 is 2.28 bits per heavy atom. The highest BCUT2D eigenvalue weighted by molar-refractivity contribution is 5.42. The molecule has 29 heavy (non-hydrogen) atoms. The number of aliphatic hydroxyl groups is 5. The van der Waals surface area contributed by atoms with Crippen LogP contribution < -0.4 is 4.74 Å². The zero-order valence-corrected chi connectivity index (χ0v) is 16.8. The van der Waals surface area contributed by atoms with Gasteiger partial charge in [-0.3, -0.25) is 0 Å². The van der Waals surface area contributed by atoms with Crippen LogP contribution in [-0.2, 0) is 12.8 Å². The Balaban J connectivity index is 1.90. The molecule has 2 aromatic rings. The lowest BCUT2D eigenvalue weighted by Gasteiger charge is -2.44. The predicted octanol–water partition coefficient (Wildman–Crippen LogP) is 1.49. The number of benzene rings is 2. The van der Waals surface area contributed by atoms with E-state index in [4.69, 9.17) is 4.74 Å². The molecule has 6 heteroatoms. The summed E-state index contributed by atoms with van der Waals surface area (Å²) in [7, 11) is 1.47. The molecule has 1 fully saturated rings. The molecule has 5 unspecified atom stereocenters. The maximum atomic E-state index is 11.0. The first-order valence-corrected chi connectivity index (χ1v) is 9.99. The van der Waals surface area contributed by atoms with E-state index in [1.165, 1.54) is 12.7 Å². The third-order valence-corrected chi connectivity index (χ3v) is 5.97. The van der Waals surface area contributed by atoms with Crippen LogP contribution in [0.3, 0.4) is 0 Å². The van der Waals surface area contributed by atoms with E-state index in [9.17, 15) is 25.5 Å². The molecular weight excluding hydrogens is 372 g/mol. The van der Waals surface area contributed by atoms with Gasteiger partial charge < -0.3 is 30.3 Å². The third kappa shape index (κ3) is 4.32. The summed E-state index contributed by atoms with van der Waals surface area (Å²) in [5, 5.41) is 52.0. The van der Waals surface area contributed by atoms with Gasteiger partial charge >= 0.3 is 0 Å². The molecule has 5 atom stereocenters. The van der Waals surface area contributed by atoms with Crippen LogP contribution in [0.5, 0.6) is 5.75 Å². The van der Waals surface area contributed by atoms with Crippen molar-refractivity contribution in [3.63, 3.8) is 0 Å². The number of hydrogen-bond acceptors (Lipinski definition) is 6. The van der Waals surface area contributed by atoms with Crippen molar-refractivity contribution < 1.29 is 30.3 Å². The Kier molecular flexibility index (Phi) is 6.61. The van der Waals surface area contributed by atoms with E-state index in [-0.39, 0.29) is 12.8 Å². The number of ether oxygens (including phenoxy) is 1. The van der Waals surface area contributed by atoms with Gasteiger partial charge in [-0.2, -0.15) is 0 Å². The van der Waals surface area contributed by atoms with Gasteiger partial charge in [0.05, 0.1) is 13.2 Å². The van der Waals surface area contributed by atoms with Crippen LogP contribution in [0.15, 0.2) is 42.5 Å². The molecule has 6 nitrogen and oxygen atoms in total. The third-order valence-electron chi connectivity index (χ3n) is 5.97. The molecule has 0 aliphatic heterocycles. The van der Waals surface area contributed by atoms with E-state index in [1.54, 1.807) is 12.1 Å². The highest BCUT2D eigenvalue weighted by Crippen LogP contribution is 2.42. The molecule has 5 N–H and O–H groups in total. The lowest BCUT2D eigenvalue weighted by Crippen LogP contribution is -2.60. The summed E-state index contributed by atoms with van der Waals surface area (Å²) >= 11 is 0. The summed E-state index contributed by atoms with van der Waals surface area (Å²) in [6.45, 7) is 2.10. The summed E-state index contributed by atoms with van der Waals surface area (Å²) in [4.78, 5) is 0. The molecule has 0 heterocycles. The highest BCUT2D eigenvalue weighted by Gasteiger charge is 2.52. The van der Waals surface area contributed by atoms with Gasteiger partial charge in [-0.25, -0.2) is 0 Å². The average Bonchev–Trinajstić information content (AvgIpc) is 2.75. The molecule has 0 saturated heterocycles. The monoisotopic (exact) mass is 402 g/mol. The Morgan fingerprint density at radius 2 is 1.66 bits per heavy atom. The van der Waals surface area contributed by atoms with Crippen LogP contribution in [0.4, 0.5) is 0 Å². The number of rotatable bonds is 6. The van der Waals surface area contributed by atoms with Gasteiger partial charge in [0.15, 0.2) is 0 Å². The van der Waals surface area contributed by atoms with Crippen molar-refractivity contribution in [2.24, 2.45) is 0 Å². The summed E-state index contributed by atoms with van der Waals surface area (Å²) in [5.74, 6) is 0.379. The smallest absolute Gasteiger partial charge is 0.124 e. The molecular formula is C23H30O6. The SMILES string of the molecule is CCc1ccc(Cc2ccc(OC)c(C(O)C3(O)CCC(O)C(O)C3O)c2)cc1. The minimum Gasteiger partial charge on any atom is -0.496 e. The molecule has 0 radical (unpaired) electrons. The number of methoxy groups -OCH3 is 1. The Labute approximate surface area is 171 Å². The van der Waals surface area contributed by atoms with Gasteiger partial charge in [-0.15, -0.1) is 0 Å². The Morgan fingerprint density at radius 1 is 1.03 bits per heavy atom. The van der Waals surface area contributed by atoms with Crippen LogP contribution in [0.2, 0.25) is 0 Å². The van der Waals surface area contributed by atoms with Crippen LogP contribution in [0, 0.1) is 0 Å². The molecule has 0 bridgehead atoms. The second kappa shape index (κ2) is 8.81. The fraction of sp³-hybridized carbons (Fsp3) is 0.478. The minimum atomic E-state index is -1.99. The molecule has 1 aliphatic rings.